The summed E-state index contributed by atoms with van der Waals surface area (Å²) in [5, 5.41) is 11.0. The SMILES string of the molecule is NN1CC2CC(O)C2C1. The zero-order valence-corrected chi connectivity index (χ0v) is 5.33. The van der Waals surface area contributed by atoms with Crippen LogP contribution in [0.5, 0.6) is 0 Å². The van der Waals surface area contributed by atoms with Crippen LogP contribution in [0.1, 0.15) is 6.42 Å². The molecule has 0 aromatic carbocycles. The predicted octanol–water partition coefficient (Wildman–Crippen LogP) is -0.827. The van der Waals surface area contributed by atoms with E-state index in [9.17, 15) is 0 Å². The van der Waals surface area contributed by atoms with Crippen molar-refractivity contribution in [3.8, 4) is 0 Å². The van der Waals surface area contributed by atoms with E-state index in [-0.39, 0.29) is 6.10 Å². The smallest absolute Gasteiger partial charge is 0.0587 e. The van der Waals surface area contributed by atoms with Crippen LogP contribution in [0.15, 0.2) is 0 Å². The molecule has 2 fully saturated rings. The quantitative estimate of drug-likeness (QED) is 0.419. The molecule has 3 atom stereocenters. The standard InChI is InChI=1S/C6H12N2O/c7-8-2-4-1-6(9)5(4)3-8/h4-6,9H,1-3,7H2. The van der Waals surface area contributed by atoms with E-state index in [1.54, 1.807) is 0 Å². The van der Waals surface area contributed by atoms with E-state index in [1.165, 1.54) is 0 Å². The molecule has 3 unspecified atom stereocenters. The van der Waals surface area contributed by atoms with Crippen molar-refractivity contribution in [1.82, 2.24) is 5.01 Å². The summed E-state index contributed by atoms with van der Waals surface area (Å²) in [6.07, 6.45) is 0.918. The fraction of sp³-hybridized carbons (Fsp3) is 1.00. The molecule has 0 aromatic heterocycles. The van der Waals surface area contributed by atoms with E-state index in [2.05, 4.69) is 0 Å². The minimum Gasteiger partial charge on any atom is -0.393 e. The van der Waals surface area contributed by atoms with E-state index < -0.39 is 0 Å². The number of nitrogens with two attached hydrogens (primary N) is 1. The second-order valence-electron chi connectivity index (χ2n) is 3.18. The fourth-order valence-electron chi connectivity index (χ4n) is 1.91. The number of aliphatic hydroxyl groups excluding tert-OH is 1. The number of rotatable bonds is 0. The van der Waals surface area contributed by atoms with Gasteiger partial charge >= 0.3 is 0 Å². The maximum absolute atomic E-state index is 9.15. The lowest BCUT2D eigenvalue weighted by Gasteiger charge is -2.34. The van der Waals surface area contributed by atoms with E-state index in [0.717, 1.165) is 19.5 Å². The molecule has 3 heteroatoms. The van der Waals surface area contributed by atoms with E-state index in [1.807, 2.05) is 5.01 Å². The molecule has 0 spiro atoms. The van der Waals surface area contributed by atoms with Crippen molar-refractivity contribution < 1.29 is 5.11 Å². The summed E-state index contributed by atoms with van der Waals surface area (Å²) in [6, 6.07) is 0. The molecule has 52 valence electrons. The van der Waals surface area contributed by atoms with Crippen LogP contribution in [-0.2, 0) is 0 Å². The Bertz CT molecular complexity index is 128. The number of hydrogen-bond acceptors (Lipinski definition) is 3. The van der Waals surface area contributed by atoms with E-state index in [0.29, 0.717) is 11.8 Å². The lowest BCUT2D eigenvalue weighted by atomic mass is 9.74. The molecule has 0 bridgehead atoms. The topological polar surface area (TPSA) is 49.5 Å². The maximum Gasteiger partial charge on any atom is 0.0587 e. The molecule has 2 rings (SSSR count). The first kappa shape index (κ1) is 5.65. The normalized spacial score (nSPS) is 50.7. The number of hydrazine groups is 1. The van der Waals surface area contributed by atoms with Gasteiger partial charge in [0.05, 0.1) is 6.10 Å². The highest BCUT2D eigenvalue weighted by Crippen LogP contribution is 2.39. The molecule has 1 aliphatic carbocycles. The Morgan fingerprint density at radius 3 is 2.67 bits per heavy atom. The molecule has 9 heavy (non-hydrogen) atoms. The van der Waals surface area contributed by atoms with Gasteiger partial charge in [0.25, 0.3) is 0 Å². The number of fused-ring (bicyclic) bond motifs is 1. The third-order valence-corrected chi connectivity index (χ3v) is 2.56. The Kier molecular flexibility index (Phi) is 1.06. The Morgan fingerprint density at radius 2 is 2.22 bits per heavy atom. The largest absolute Gasteiger partial charge is 0.393 e. The summed E-state index contributed by atoms with van der Waals surface area (Å²) >= 11 is 0. The molecule has 3 nitrogen and oxygen atoms in total. The molecular weight excluding hydrogens is 116 g/mol. The van der Waals surface area contributed by atoms with Crippen LogP contribution in [0.2, 0.25) is 0 Å². The summed E-state index contributed by atoms with van der Waals surface area (Å²) in [7, 11) is 0. The molecule has 3 N–H and O–H groups in total. The van der Waals surface area contributed by atoms with Crippen LogP contribution in [0.4, 0.5) is 0 Å². The van der Waals surface area contributed by atoms with Crippen molar-refractivity contribution in [2.45, 2.75) is 12.5 Å². The molecule has 1 saturated carbocycles. The molecule has 1 heterocycles. The Hall–Kier alpha value is -0.120. The van der Waals surface area contributed by atoms with Gasteiger partial charge in [0.1, 0.15) is 0 Å². The molecule has 0 radical (unpaired) electrons. The molecular formula is C6H12N2O. The lowest BCUT2D eigenvalue weighted by Crippen LogP contribution is -2.39. The highest BCUT2D eigenvalue weighted by Gasteiger charge is 2.45. The third kappa shape index (κ3) is 0.689. The van der Waals surface area contributed by atoms with Crippen LogP contribution >= 0.6 is 0 Å². The molecule has 2 aliphatic rings. The zero-order chi connectivity index (χ0) is 6.43. The number of nitrogens with zero attached hydrogens (tertiary/aromatic N) is 1. The second-order valence-corrected chi connectivity index (χ2v) is 3.18. The van der Waals surface area contributed by atoms with Crippen molar-refractivity contribution in [1.29, 1.82) is 0 Å². The monoisotopic (exact) mass is 128 g/mol. The Balaban J connectivity index is 2.00. The van der Waals surface area contributed by atoms with Crippen LogP contribution in [0.25, 0.3) is 0 Å². The van der Waals surface area contributed by atoms with Gasteiger partial charge in [-0.1, -0.05) is 0 Å². The summed E-state index contributed by atoms with van der Waals surface area (Å²) in [5.41, 5.74) is 0. The van der Waals surface area contributed by atoms with Gasteiger partial charge in [-0.05, 0) is 12.3 Å². The molecule has 1 saturated heterocycles. The van der Waals surface area contributed by atoms with Gasteiger partial charge in [0.15, 0.2) is 0 Å². The van der Waals surface area contributed by atoms with Crippen LogP contribution in [0.3, 0.4) is 0 Å². The molecule has 0 aromatic rings. The highest BCUT2D eigenvalue weighted by molar-refractivity contribution is 4.96. The van der Waals surface area contributed by atoms with E-state index in [4.69, 9.17) is 10.9 Å². The third-order valence-electron chi connectivity index (χ3n) is 2.56. The summed E-state index contributed by atoms with van der Waals surface area (Å²) in [4.78, 5) is 0. The first-order valence-corrected chi connectivity index (χ1v) is 3.45. The van der Waals surface area contributed by atoms with Crippen molar-refractivity contribution in [2.24, 2.45) is 17.7 Å². The highest BCUT2D eigenvalue weighted by atomic mass is 16.3. The van der Waals surface area contributed by atoms with Crippen molar-refractivity contribution in [2.75, 3.05) is 13.1 Å². The lowest BCUT2D eigenvalue weighted by molar-refractivity contribution is -0.00433. The first-order valence-electron chi connectivity index (χ1n) is 3.45. The van der Waals surface area contributed by atoms with Gasteiger partial charge in [-0.15, -0.1) is 0 Å². The van der Waals surface area contributed by atoms with Gasteiger partial charge < -0.3 is 5.11 Å². The molecule has 0 amide bonds. The second kappa shape index (κ2) is 1.68. The summed E-state index contributed by atoms with van der Waals surface area (Å²) < 4.78 is 0. The zero-order valence-electron chi connectivity index (χ0n) is 5.33. The van der Waals surface area contributed by atoms with Crippen molar-refractivity contribution >= 4 is 0 Å². The summed E-state index contributed by atoms with van der Waals surface area (Å²) in [6.45, 7) is 1.88. The number of aliphatic hydroxyl groups is 1. The van der Waals surface area contributed by atoms with Crippen molar-refractivity contribution in [3.63, 3.8) is 0 Å². The Labute approximate surface area is 54.4 Å². The Morgan fingerprint density at radius 1 is 1.44 bits per heavy atom. The van der Waals surface area contributed by atoms with Crippen LogP contribution in [-0.4, -0.2) is 29.3 Å². The van der Waals surface area contributed by atoms with Gasteiger partial charge in [-0.2, -0.15) is 0 Å². The summed E-state index contributed by atoms with van der Waals surface area (Å²) in [5.74, 6) is 6.73. The predicted molar refractivity (Wildman–Crippen MR) is 33.4 cm³/mol. The van der Waals surface area contributed by atoms with Gasteiger partial charge in [-0.3, -0.25) is 5.84 Å². The van der Waals surface area contributed by atoms with Gasteiger partial charge in [-0.25, -0.2) is 5.01 Å². The number of hydrogen-bond donors (Lipinski definition) is 2. The fourth-order valence-corrected chi connectivity index (χ4v) is 1.91. The van der Waals surface area contributed by atoms with Crippen LogP contribution < -0.4 is 5.84 Å². The average Bonchev–Trinajstić information content (AvgIpc) is 2.08. The first-order chi connectivity index (χ1) is 4.27. The minimum atomic E-state index is -0.0523. The average molecular weight is 128 g/mol. The minimum absolute atomic E-state index is 0.0523. The van der Waals surface area contributed by atoms with Gasteiger partial charge in [0.2, 0.25) is 0 Å². The van der Waals surface area contributed by atoms with Crippen molar-refractivity contribution in [3.05, 3.63) is 0 Å². The van der Waals surface area contributed by atoms with Crippen LogP contribution in [0, 0.1) is 11.8 Å². The van der Waals surface area contributed by atoms with E-state index >= 15 is 0 Å². The van der Waals surface area contributed by atoms with Gasteiger partial charge in [0, 0.05) is 19.0 Å². The maximum atomic E-state index is 9.15. The molecule has 1 aliphatic heterocycles.